The molecule has 0 aliphatic heterocycles. The van der Waals surface area contributed by atoms with Crippen LogP contribution in [0.1, 0.15) is 20.3 Å². The second-order valence-electron chi connectivity index (χ2n) is 4.02. The van der Waals surface area contributed by atoms with Gasteiger partial charge in [-0.1, -0.05) is 20.3 Å². The van der Waals surface area contributed by atoms with E-state index in [1.165, 1.54) is 12.1 Å². The van der Waals surface area contributed by atoms with Crippen molar-refractivity contribution in [1.29, 1.82) is 0 Å². The summed E-state index contributed by atoms with van der Waals surface area (Å²) >= 11 is 0. The van der Waals surface area contributed by atoms with Crippen LogP contribution in [0.4, 0.5) is 4.39 Å². The van der Waals surface area contributed by atoms with Gasteiger partial charge in [0.1, 0.15) is 5.82 Å². The fourth-order valence-corrected chi connectivity index (χ4v) is 2.63. The first-order chi connectivity index (χ1) is 7.54. The number of hydrogen-bond donors (Lipinski definition) is 1. The Hall–Kier alpha value is -0.740. The van der Waals surface area contributed by atoms with Gasteiger partial charge >= 0.3 is 0 Å². The van der Waals surface area contributed by atoms with Crippen LogP contribution < -0.4 is 5.73 Å². The van der Waals surface area contributed by atoms with Gasteiger partial charge in [0.15, 0.2) is 0 Å². The summed E-state index contributed by atoms with van der Waals surface area (Å²) in [5.41, 5.74) is 5.93. The van der Waals surface area contributed by atoms with Crippen LogP contribution in [0.5, 0.6) is 0 Å². The van der Waals surface area contributed by atoms with Crippen molar-refractivity contribution in [3.63, 3.8) is 0 Å². The molecule has 90 valence electrons. The SMILES string of the molecule is CCC(C)C(N)CS(=O)c1ccc(F)cc1. The third-order valence-electron chi connectivity index (χ3n) is 2.80. The van der Waals surface area contributed by atoms with Gasteiger partial charge in [0.05, 0.1) is 10.8 Å². The lowest BCUT2D eigenvalue weighted by molar-refractivity contribution is 0.472. The van der Waals surface area contributed by atoms with Crippen LogP contribution in [0.15, 0.2) is 29.2 Å². The maximum atomic E-state index is 12.7. The zero-order chi connectivity index (χ0) is 12.1. The molecule has 0 fully saturated rings. The van der Waals surface area contributed by atoms with Gasteiger partial charge in [-0.25, -0.2) is 4.39 Å². The second-order valence-corrected chi connectivity index (χ2v) is 5.51. The molecule has 0 heterocycles. The summed E-state index contributed by atoms with van der Waals surface area (Å²) in [6.45, 7) is 4.11. The molecule has 2 N–H and O–H groups in total. The van der Waals surface area contributed by atoms with E-state index in [4.69, 9.17) is 5.73 Å². The third-order valence-corrected chi connectivity index (χ3v) is 4.28. The average molecular weight is 243 g/mol. The van der Waals surface area contributed by atoms with Crippen molar-refractivity contribution >= 4 is 10.8 Å². The first kappa shape index (κ1) is 13.3. The molecule has 1 aromatic carbocycles. The Kier molecular flexibility index (Phi) is 5.09. The zero-order valence-corrected chi connectivity index (χ0v) is 10.5. The summed E-state index contributed by atoms with van der Waals surface area (Å²) in [5, 5.41) is 0. The van der Waals surface area contributed by atoms with E-state index < -0.39 is 10.8 Å². The van der Waals surface area contributed by atoms with Crippen LogP contribution in [0.25, 0.3) is 0 Å². The molecule has 0 radical (unpaired) electrons. The van der Waals surface area contributed by atoms with Crippen LogP contribution >= 0.6 is 0 Å². The molecule has 1 rings (SSSR count). The van der Waals surface area contributed by atoms with Crippen LogP contribution in [0.3, 0.4) is 0 Å². The molecule has 3 unspecified atom stereocenters. The highest BCUT2D eigenvalue weighted by molar-refractivity contribution is 7.85. The van der Waals surface area contributed by atoms with Gasteiger partial charge in [0.2, 0.25) is 0 Å². The monoisotopic (exact) mass is 243 g/mol. The lowest BCUT2D eigenvalue weighted by Crippen LogP contribution is -2.33. The summed E-state index contributed by atoms with van der Waals surface area (Å²) in [5.74, 6) is 0.469. The standard InChI is InChI=1S/C12H18FNOS/c1-3-9(2)12(14)8-16(15)11-6-4-10(13)5-7-11/h4-7,9,12H,3,8,14H2,1-2H3. The lowest BCUT2D eigenvalue weighted by Gasteiger charge is -2.17. The molecule has 1 aromatic rings. The van der Waals surface area contributed by atoms with Gasteiger partial charge in [-0.15, -0.1) is 0 Å². The van der Waals surface area contributed by atoms with Crippen molar-refractivity contribution in [3.8, 4) is 0 Å². The van der Waals surface area contributed by atoms with Crippen LogP contribution in [-0.2, 0) is 10.8 Å². The predicted molar refractivity (Wildman–Crippen MR) is 65.1 cm³/mol. The predicted octanol–water partition coefficient (Wildman–Crippen LogP) is 2.31. The second kappa shape index (κ2) is 6.11. The Labute approximate surface area is 98.5 Å². The van der Waals surface area contributed by atoms with Crippen molar-refractivity contribution in [2.24, 2.45) is 11.7 Å². The Morgan fingerprint density at radius 1 is 1.38 bits per heavy atom. The quantitative estimate of drug-likeness (QED) is 0.862. The summed E-state index contributed by atoms with van der Waals surface area (Å²) in [4.78, 5) is 0.639. The molecule has 0 aliphatic rings. The van der Waals surface area contributed by atoms with Crippen molar-refractivity contribution < 1.29 is 8.60 Å². The highest BCUT2D eigenvalue weighted by atomic mass is 32.2. The third kappa shape index (κ3) is 3.68. The van der Waals surface area contributed by atoms with Crippen molar-refractivity contribution in [3.05, 3.63) is 30.1 Å². The van der Waals surface area contributed by atoms with E-state index in [0.717, 1.165) is 6.42 Å². The van der Waals surface area contributed by atoms with E-state index in [9.17, 15) is 8.60 Å². The highest BCUT2D eigenvalue weighted by Crippen LogP contribution is 2.12. The minimum absolute atomic E-state index is 0.0733. The molecular weight excluding hydrogens is 225 g/mol. The molecule has 0 saturated heterocycles. The zero-order valence-electron chi connectivity index (χ0n) is 9.65. The van der Waals surface area contributed by atoms with E-state index in [1.807, 2.05) is 6.92 Å². The van der Waals surface area contributed by atoms with Gasteiger partial charge in [-0.3, -0.25) is 4.21 Å². The van der Waals surface area contributed by atoms with Crippen molar-refractivity contribution in [1.82, 2.24) is 0 Å². The molecule has 0 bridgehead atoms. The topological polar surface area (TPSA) is 43.1 Å². The molecule has 0 amide bonds. The maximum Gasteiger partial charge on any atom is 0.123 e. The molecule has 16 heavy (non-hydrogen) atoms. The fraction of sp³-hybridized carbons (Fsp3) is 0.500. The summed E-state index contributed by atoms with van der Waals surface area (Å²) in [6, 6.07) is 5.67. The van der Waals surface area contributed by atoms with E-state index >= 15 is 0 Å². The summed E-state index contributed by atoms with van der Waals surface area (Å²) in [7, 11) is -1.14. The minimum atomic E-state index is -1.14. The molecule has 0 aliphatic carbocycles. The first-order valence-electron chi connectivity index (χ1n) is 5.44. The maximum absolute atomic E-state index is 12.7. The molecular formula is C12H18FNOS. The Morgan fingerprint density at radius 2 is 1.94 bits per heavy atom. The Bertz CT molecular complexity index is 353. The van der Waals surface area contributed by atoms with Crippen molar-refractivity contribution in [2.75, 3.05) is 5.75 Å². The van der Waals surface area contributed by atoms with E-state index in [0.29, 0.717) is 16.6 Å². The van der Waals surface area contributed by atoms with Gasteiger partial charge in [-0.2, -0.15) is 0 Å². The summed E-state index contributed by atoms with van der Waals surface area (Å²) < 4.78 is 24.6. The fourth-order valence-electron chi connectivity index (χ4n) is 1.32. The van der Waals surface area contributed by atoms with Crippen molar-refractivity contribution in [2.45, 2.75) is 31.2 Å². The molecule has 0 saturated carbocycles. The van der Waals surface area contributed by atoms with E-state index in [1.54, 1.807) is 12.1 Å². The number of rotatable bonds is 5. The normalized spacial score (nSPS) is 16.8. The van der Waals surface area contributed by atoms with Gasteiger partial charge in [-0.05, 0) is 30.2 Å². The van der Waals surface area contributed by atoms with Crippen LogP contribution in [0, 0.1) is 11.7 Å². The highest BCUT2D eigenvalue weighted by Gasteiger charge is 2.15. The number of benzene rings is 1. The van der Waals surface area contributed by atoms with Gasteiger partial charge < -0.3 is 5.73 Å². The van der Waals surface area contributed by atoms with Crippen LogP contribution in [0.2, 0.25) is 0 Å². The van der Waals surface area contributed by atoms with Gasteiger partial charge in [0, 0.05) is 16.7 Å². The first-order valence-corrected chi connectivity index (χ1v) is 6.76. The smallest absolute Gasteiger partial charge is 0.123 e. The average Bonchev–Trinajstić information content (AvgIpc) is 2.28. The molecule has 4 heteroatoms. The lowest BCUT2D eigenvalue weighted by atomic mass is 10.0. The largest absolute Gasteiger partial charge is 0.327 e. The number of halogens is 1. The Balaban J connectivity index is 2.62. The minimum Gasteiger partial charge on any atom is -0.327 e. The molecule has 0 aromatic heterocycles. The summed E-state index contributed by atoms with van der Waals surface area (Å²) in [6.07, 6.45) is 0.974. The Morgan fingerprint density at radius 3 is 2.44 bits per heavy atom. The van der Waals surface area contributed by atoms with Crippen LogP contribution in [-0.4, -0.2) is 16.0 Å². The van der Waals surface area contributed by atoms with E-state index in [2.05, 4.69) is 6.92 Å². The molecule has 0 spiro atoms. The molecule has 3 atom stereocenters. The van der Waals surface area contributed by atoms with E-state index in [-0.39, 0.29) is 11.9 Å². The van der Waals surface area contributed by atoms with Gasteiger partial charge in [0.25, 0.3) is 0 Å². The molecule has 2 nitrogen and oxygen atoms in total. The number of hydrogen-bond acceptors (Lipinski definition) is 2. The number of nitrogens with two attached hydrogens (primary N) is 1.